The zero-order valence-corrected chi connectivity index (χ0v) is 22.5. The largest absolute Gasteiger partial charge is 0.383 e. The Morgan fingerprint density at radius 2 is 1.79 bits per heavy atom. The van der Waals surface area contributed by atoms with Gasteiger partial charge >= 0.3 is 0 Å². The van der Waals surface area contributed by atoms with E-state index in [1.807, 2.05) is 4.90 Å². The molecule has 3 aromatic rings. The number of hydrogen-bond donors (Lipinski definition) is 4. The summed E-state index contributed by atoms with van der Waals surface area (Å²) >= 11 is 12.4. The third-order valence-corrected chi connectivity index (χ3v) is 7.70. The Balaban J connectivity index is 1.23. The number of carbonyl (C=O) groups excluding carboxylic acids is 1. The number of aromatic nitrogens is 6. The Morgan fingerprint density at radius 1 is 1.03 bits per heavy atom. The zero-order chi connectivity index (χ0) is 27.0. The minimum absolute atomic E-state index is 0.0876. The van der Waals surface area contributed by atoms with Gasteiger partial charge in [-0.05, 0) is 31.4 Å². The molecule has 0 radical (unpaired) electrons. The van der Waals surface area contributed by atoms with Crippen molar-refractivity contribution in [3.05, 3.63) is 28.0 Å². The average molecular weight is 561 g/mol. The second-order valence-corrected chi connectivity index (χ2v) is 10.2. The highest BCUT2D eigenvalue weighted by Crippen LogP contribution is 2.32. The van der Waals surface area contributed by atoms with Gasteiger partial charge in [0.05, 0.1) is 5.56 Å². The number of H-pyrrole nitrogens is 1. The fourth-order valence-electron chi connectivity index (χ4n) is 5.28. The van der Waals surface area contributed by atoms with Crippen LogP contribution < -0.4 is 22.1 Å². The number of pyridine rings is 1. The van der Waals surface area contributed by atoms with E-state index >= 15 is 0 Å². The Hall–Kier alpha value is -3.42. The van der Waals surface area contributed by atoms with Crippen LogP contribution >= 0.6 is 23.2 Å². The Kier molecular flexibility index (Phi) is 7.41. The Bertz CT molecular complexity index is 1330. The van der Waals surface area contributed by atoms with E-state index in [9.17, 15) is 4.79 Å². The number of carbonyl (C=O) groups is 1. The first-order valence-corrected chi connectivity index (χ1v) is 13.2. The minimum atomic E-state index is -0.107. The van der Waals surface area contributed by atoms with Crippen LogP contribution in [0, 0.1) is 0 Å². The van der Waals surface area contributed by atoms with Crippen LogP contribution in [0.4, 0.5) is 23.4 Å². The Morgan fingerprint density at radius 3 is 2.45 bits per heavy atom. The van der Waals surface area contributed by atoms with E-state index < -0.39 is 0 Å². The van der Waals surface area contributed by atoms with E-state index in [0.29, 0.717) is 48.1 Å². The van der Waals surface area contributed by atoms with Crippen LogP contribution in [-0.2, 0) is 0 Å². The van der Waals surface area contributed by atoms with Gasteiger partial charge in [-0.3, -0.25) is 14.8 Å². The molecule has 2 aliphatic heterocycles. The van der Waals surface area contributed by atoms with Gasteiger partial charge in [0.2, 0.25) is 5.95 Å². The fourth-order valence-corrected chi connectivity index (χ4v) is 5.68. The quantitative estimate of drug-likeness (QED) is 0.334. The van der Waals surface area contributed by atoms with Crippen LogP contribution in [0.5, 0.6) is 0 Å². The minimum Gasteiger partial charge on any atom is -0.383 e. The second-order valence-electron chi connectivity index (χ2n) is 9.45. The van der Waals surface area contributed by atoms with Crippen molar-refractivity contribution in [3.63, 3.8) is 0 Å². The van der Waals surface area contributed by atoms with E-state index in [2.05, 4.69) is 46.9 Å². The first-order valence-electron chi connectivity index (χ1n) is 12.5. The van der Waals surface area contributed by atoms with E-state index in [1.54, 1.807) is 12.1 Å². The summed E-state index contributed by atoms with van der Waals surface area (Å²) in [5.41, 5.74) is 18.4. The van der Waals surface area contributed by atoms with Gasteiger partial charge in [0.15, 0.2) is 28.3 Å². The second kappa shape index (κ2) is 10.8. The number of nitrogens with one attached hydrogen (secondary N) is 1. The maximum absolute atomic E-state index is 13.0. The van der Waals surface area contributed by atoms with Gasteiger partial charge in [-0.25, -0.2) is 15.0 Å². The monoisotopic (exact) mass is 560 g/mol. The summed E-state index contributed by atoms with van der Waals surface area (Å²) in [5.74, 6) is 1.20. The van der Waals surface area contributed by atoms with Crippen molar-refractivity contribution < 1.29 is 4.79 Å². The highest BCUT2D eigenvalue weighted by Gasteiger charge is 2.35. The third kappa shape index (κ3) is 5.13. The van der Waals surface area contributed by atoms with Crippen molar-refractivity contribution in [2.75, 3.05) is 54.8 Å². The predicted octanol–water partition coefficient (Wildman–Crippen LogP) is 1.92. The lowest BCUT2D eigenvalue weighted by molar-refractivity contribution is 0.0491. The van der Waals surface area contributed by atoms with Crippen LogP contribution in [0.25, 0.3) is 11.5 Å². The molecule has 2 saturated heterocycles. The molecule has 0 unspecified atom stereocenters. The summed E-state index contributed by atoms with van der Waals surface area (Å²) < 4.78 is 0. The molecule has 5 heterocycles. The maximum atomic E-state index is 13.0. The summed E-state index contributed by atoms with van der Waals surface area (Å²) in [4.78, 5) is 36.6. The fraction of sp³-hybridized carbons (Fsp3) is 0.478. The van der Waals surface area contributed by atoms with Crippen molar-refractivity contribution >= 4 is 52.5 Å². The van der Waals surface area contributed by atoms with Crippen molar-refractivity contribution in [3.8, 4) is 11.5 Å². The number of rotatable bonds is 5. The number of nitrogens with zero attached hydrogens (tertiary/aromatic N) is 8. The number of likely N-dealkylation sites (tertiary alicyclic amines) is 1. The summed E-state index contributed by atoms with van der Waals surface area (Å²) in [6.07, 6.45) is 2.72. The number of nitrogens with two attached hydrogens (primary N) is 3. The molecule has 0 aromatic carbocycles. The first-order chi connectivity index (χ1) is 18.2. The molecule has 0 aliphatic carbocycles. The predicted molar refractivity (Wildman–Crippen MR) is 147 cm³/mol. The number of amides is 1. The van der Waals surface area contributed by atoms with Gasteiger partial charge in [-0.1, -0.05) is 30.1 Å². The molecule has 0 bridgehead atoms. The molecule has 1 atom stereocenters. The Labute approximate surface area is 229 Å². The summed E-state index contributed by atoms with van der Waals surface area (Å²) in [6, 6.07) is 3.89. The molecule has 0 spiro atoms. The van der Waals surface area contributed by atoms with E-state index in [1.165, 1.54) is 0 Å². The molecule has 2 fully saturated rings. The van der Waals surface area contributed by atoms with Crippen molar-refractivity contribution in [2.24, 2.45) is 0 Å². The molecule has 15 heteroatoms. The van der Waals surface area contributed by atoms with Gasteiger partial charge in [0.25, 0.3) is 5.91 Å². The number of aromatic amines is 1. The van der Waals surface area contributed by atoms with Crippen molar-refractivity contribution in [1.82, 2.24) is 39.9 Å². The molecule has 2 aliphatic rings. The van der Waals surface area contributed by atoms with Gasteiger partial charge in [-0.15, -0.1) is 5.10 Å². The maximum Gasteiger partial charge on any atom is 0.257 e. The average Bonchev–Trinajstić information content (AvgIpc) is 3.35. The van der Waals surface area contributed by atoms with Gasteiger partial charge in [0, 0.05) is 44.8 Å². The third-order valence-electron chi connectivity index (χ3n) is 7.23. The molecule has 1 amide bonds. The molecule has 202 valence electrons. The number of halogens is 2. The SMILES string of the molecule is CC[C@H]1CN(c2nc(N)c(-c3nc(N)n[nH]3)nc2Cl)CCN1C1CCN(C(=O)c2ccc(Cl)nc2N)CC1. The van der Waals surface area contributed by atoms with Gasteiger partial charge in [0.1, 0.15) is 11.0 Å². The lowest BCUT2D eigenvalue weighted by Crippen LogP contribution is -2.58. The smallest absolute Gasteiger partial charge is 0.257 e. The van der Waals surface area contributed by atoms with E-state index in [0.717, 1.165) is 38.9 Å². The number of anilines is 4. The molecular weight excluding hydrogens is 531 g/mol. The summed E-state index contributed by atoms with van der Waals surface area (Å²) in [5, 5.41) is 7.01. The summed E-state index contributed by atoms with van der Waals surface area (Å²) in [7, 11) is 0. The zero-order valence-electron chi connectivity index (χ0n) is 20.9. The molecule has 13 nitrogen and oxygen atoms in total. The standard InChI is InChI=1S/C23H30Cl2N12O/c1-2-12-11-36(21-17(25)30-16(19(27)31-21)20-32-23(28)34-33-20)9-10-37(12)13-5-7-35(8-6-13)22(38)14-3-4-15(24)29-18(14)26/h3-4,12-13H,2,5-11H2,1H3,(H2,26,29)(H2,27,31)(H3,28,32,33,34)/t12-/m0/s1. The molecule has 7 N–H and O–H groups in total. The molecule has 5 rings (SSSR count). The van der Waals surface area contributed by atoms with Crippen LogP contribution in [0.1, 0.15) is 36.5 Å². The molecule has 38 heavy (non-hydrogen) atoms. The van der Waals surface area contributed by atoms with Crippen molar-refractivity contribution in [2.45, 2.75) is 38.3 Å². The van der Waals surface area contributed by atoms with Gasteiger partial charge < -0.3 is 27.0 Å². The number of piperidine rings is 1. The normalized spacial score (nSPS) is 19.2. The lowest BCUT2D eigenvalue weighted by Gasteiger charge is -2.47. The first kappa shape index (κ1) is 26.2. The van der Waals surface area contributed by atoms with E-state index in [4.69, 9.17) is 40.4 Å². The van der Waals surface area contributed by atoms with Crippen molar-refractivity contribution in [1.29, 1.82) is 0 Å². The van der Waals surface area contributed by atoms with Crippen LogP contribution in [0.2, 0.25) is 10.3 Å². The van der Waals surface area contributed by atoms with Crippen LogP contribution in [0.3, 0.4) is 0 Å². The molecular formula is C23H30Cl2N12O. The topological polar surface area (TPSA) is 185 Å². The van der Waals surface area contributed by atoms with Crippen LogP contribution in [0.15, 0.2) is 12.1 Å². The number of nitrogen functional groups attached to an aromatic ring is 3. The van der Waals surface area contributed by atoms with Gasteiger partial charge in [-0.2, -0.15) is 4.98 Å². The molecule has 3 aromatic heterocycles. The molecule has 0 saturated carbocycles. The van der Waals surface area contributed by atoms with Crippen LogP contribution in [-0.4, -0.2) is 90.6 Å². The highest BCUT2D eigenvalue weighted by molar-refractivity contribution is 6.32. The van der Waals surface area contributed by atoms with E-state index in [-0.39, 0.29) is 33.8 Å². The lowest BCUT2D eigenvalue weighted by atomic mass is 9.97. The number of hydrogen-bond acceptors (Lipinski definition) is 11. The highest BCUT2D eigenvalue weighted by atomic mass is 35.5. The number of piperazine rings is 1. The summed E-state index contributed by atoms with van der Waals surface area (Å²) in [6.45, 7) is 5.79.